The van der Waals surface area contributed by atoms with Gasteiger partial charge in [0.05, 0.1) is 0 Å². The molecule has 0 N–H and O–H groups in total. The van der Waals surface area contributed by atoms with Gasteiger partial charge in [0.15, 0.2) is 0 Å². The van der Waals surface area contributed by atoms with E-state index in [-0.39, 0.29) is 5.41 Å². The van der Waals surface area contributed by atoms with Gasteiger partial charge in [-0.05, 0) is 72.4 Å². The fourth-order valence-electron chi connectivity index (χ4n) is 4.81. The second-order valence-corrected chi connectivity index (χ2v) is 8.74. The highest BCUT2D eigenvalue weighted by Gasteiger charge is 2.35. The third kappa shape index (κ3) is 2.93. The van der Waals surface area contributed by atoms with E-state index in [1.165, 1.54) is 44.9 Å². The summed E-state index contributed by atoms with van der Waals surface area (Å²) in [7, 11) is 0. The molecule has 0 radical (unpaired) electrons. The van der Waals surface area contributed by atoms with Crippen molar-refractivity contribution in [3.05, 3.63) is 107 Å². The summed E-state index contributed by atoms with van der Waals surface area (Å²) in [5.41, 5.74) is 10.9. The van der Waals surface area contributed by atoms with E-state index in [0.717, 1.165) is 12.8 Å². The van der Waals surface area contributed by atoms with Crippen molar-refractivity contribution < 1.29 is 0 Å². The van der Waals surface area contributed by atoms with E-state index >= 15 is 0 Å². The minimum Gasteiger partial charge on any atom is -0.314 e. The lowest BCUT2D eigenvalue weighted by Crippen LogP contribution is -2.19. The van der Waals surface area contributed by atoms with Crippen molar-refractivity contribution >= 4 is 11.4 Å². The summed E-state index contributed by atoms with van der Waals surface area (Å²) in [6.07, 6.45) is 6.75. The Morgan fingerprint density at radius 2 is 1.41 bits per heavy atom. The Morgan fingerprint density at radius 1 is 0.690 bits per heavy atom. The molecule has 3 aromatic carbocycles. The number of allylic oxidation sites excluding steroid dienone is 4. The monoisotopic (exact) mass is 377 g/mol. The highest BCUT2D eigenvalue weighted by atomic mass is 15.1. The van der Waals surface area contributed by atoms with Gasteiger partial charge >= 0.3 is 0 Å². The maximum atomic E-state index is 2.43. The van der Waals surface area contributed by atoms with Crippen molar-refractivity contribution in [2.45, 2.75) is 39.0 Å². The maximum Gasteiger partial charge on any atom is 0.0461 e. The first-order valence-electron chi connectivity index (χ1n) is 10.5. The van der Waals surface area contributed by atoms with Crippen LogP contribution in [0.5, 0.6) is 0 Å². The molecule has 3 aromatic rings. The minimum absolute atomic E-state index is 0.0156. The largest absolute Gasteiger partial charge is 0.314 e. The molecule has 0 aliphatic heterocycles. The average Bonchev–Trinajstić information content (AvgIpc) is 2.98. The van der Waals surface area contributed by atoms with E-state index < -0.39 is 0 Å². The van der Waals surface area contributed by atoms with Gasteiger partial charge in [0.1, 0.15) is 0 Å². The Kier molecular flexibility index (Phi) is 4.20. The van der Waals surface area contributed by atoms with E-state index in [1.54, 1.807) is 0 Å². The molecule has 0 saturated carbocycles. The first kappa shape index (κ1) is 18.0. The lowest BCUT2D eigenvalue weighted by molar-refractivity contribution is 0.660. The predicted octanol–water partition coefficient (Wildman–Crippen LogP) is 7.76. The molecule has 0 aromatic heterocycles. The molecule has 0 saturated heterocycles. The first-order valence-corrected chi connectivity index (χ1v) is 10.5. The van der Waals surface area contributed by atoms with Crippen molar-refractivity contribution in [2.75, 3.05) is 4.90 Å². The number of nitrogens with zero attached hydrogens (tertiary/aromatic N) is 1. The zero-order chi connectivity index (χ0) is 20.0. The van der Waals surface area contributed by atoms with Crippen molar-refractivity contribution in [1.29, 1.82) is 0 Å². The van der Waals surface area contributed by atoms with Gasteiger partial charge in [-0.25, -0.2) is 0 Å². The summed E-state index contributed by atoms with van der Waals surface area (Å²) in [6, 6.07) is 26.6. The minimum atomic E-state index is 0.0156. The van der Waals surface area contributed by atoms with Crippen molar-refractivity contribution in [3.63, 3.8) is 0 Å². The second-order valence-electron chi connectivity index (χ2n) is 8.74. The molecule has 2 aliphatic rings. The molecule has 144 valence electrons. The van der Waals surface area contributed by atoms with Crippen LogP contribution in [0.2, 0.25) is 0 Å². The lowest BCUT2D eigenvalue weighted by Gasteiger charge is -2.31. The van der Waals surface area contributed by atoms with E-state index in [0.29, 0.717) is 0 Å². The molecule has 0 heterocycles. The molecule has 0 amide bonds. The van der Waals surface area contributed by atoms with E-state index in [1.807, 2.05) is 0 Å². The summed E-state index contributed by atoms with van der Waals surface area (Å²) in [5, 5.41) is 0. The van der Waals surface area contributed by atoms with Crippen LogP contribution in [0.25, 0.3) is 11.1 Å². The molecule has 0 unspecified atom stereocenters. The van der Waals surface area contributed by atoms with Crippen LogP contribution in [0.3, 0.4) is 0 Å². The number of rotatable bonds is 3. The standard InChI is InChI=1S/C28H27N/c1-20-13-15-22(16-14-20)29(21-9-5-4-6-10-21)23-17-18-25-24-11-7-8-12-26(24)28(2,3)27(25)19-23/h4-13,15,17-19H,14,16H2,1-3H3. The third-order valence-corrected chi connectivity index (χ3v) is 6.46. The van der Waals surface area contributed by atoms with Crippen molar-refractivity contribution in [3.8, 4) is 11.1 Å². The second kappa shape index (κ2) is 6.77. The summed E-state index contributed by atoms with van der Waals surface area (Å²) in [6.45, 7) is 6.91. The van der Waals surface area contributed by atoms with Crippen LogP contribution in [0, 0.1) is 0 Å². The van der Waals surface area contributed by atoms with Gasteiger partial charge in [0.2, 0.25) is 0 Å². The lowest BCUT2D eigenvalue weighted by atomic mass is 9.82. The molecule has 1 nitrogen and oxygen atoms in total. The molecule has 0 spiro atoms. The van der Waals surface area contributed by atoms with Crippen LogP contribution >= 0.6 is 0 Å². The highest BCUT2D eigenvalue weighted by Crippen LogP contribution is 2.50. The predicted molar refractivity (Wildman–Crippen MR) is 124 cm³/mol. The van der Waals surface area contributed by atoms with Crippen LogP contribution < -0.4 is 4.90 Å². The van der Waals surface area contributed by atoms with Crippen LogP contribution in [-0.4, -0.2) is 0 Å². The Labute approximate surface area is 174 Å². The number of anilines is 2. The van der Waals surface area contributed by atoms with Gasteiger partial charge in [-0.15, -0.1) is 0 Å². The van der Waals surface area contributed by atoms with Gasteiger partial charge in [-0.1, -0.05) is 74.0 Å². The highest BCUT2D eigenvalue weighted by molar-refractivity contribution is 5.84. The average molecular weight is 378 g/mol. The van der Waals surface area contributed by atoms with Crippen LogP contribution in [-0.2, 0) is 5.41 Å². The van der Waals surface area contributed by atoms with E-state index in [2.05, 4.69) is 111 Å². The van der Waals surface area contributed by atoms with Gasteiger partial charge in [0, 0.05) is 22.5 Å². The first-order chi connectivity index (χ1) is 14.1. The number of hydrogen-bond acceptors (Lipinski definition) is 1. The zero-order valence-electron chi connectivity index (χ0n) is 17.4. The molecule has 29 heavy (non-hydrogen) atoms. The Hall–Kier alpha value is -3.06. The molecule has 2 aliphatic carbocycles. The summed E-state index contributed by atoms with van der Waals surface area (Å²) >= 11 is 0. The molecule has 0 bridgehead atoms. The van der Waals surface area contributed by atoms with Crippen molar-refractivity contribution in [1.82, 2.24) is 0 Å². The topological polar surface area (TPSA) is 3.24 Å². The maximum absolute atomic E-state index is 2.43. The molecule has 1 heteroatoms. The van der Waals surface area contributed by atoms with Crippen LogP contribution in [0.4, 0.5) is 11.4 Å². The van der Waals surface area contributed by atoms with E-state index in [9.17, 15) is 0 Å². The fraction of sp³-hybridized carbons (Fsp3) is 0.214. The summed E-state index contributed by atoms with van der Waals surface area (Å²) in [4.78, 5) is 2.43. The van der Waals surface area contributed by atoms with Crippen LogP contribution in [0.15, 0.2) is 96.2 Å². The Bertz CT molecular complexity index is 1130. The third-order valence-electron chi connectivity index (χ3n) is 6.46. The van der Waals surface area contributed by atoms with Gasteiger partial charge < -0.3 is 4.90 Å². The summed E-state index contributed by atoms with van der Waals surface area (Å²) in [5.74, 6) is 0. The number of para-hydroxylation sites is 1. The number of benzene rings is 3. The molecule has 5 rings (SSSR count). The SMILES string of the molecule is CC1=CC=C(N(c2ccccc2)c2ccc3c(c2)C(C)(C)c2ccccc2-3)CC1. The molecular weight excluding hydrogens is 350 g/mol. The zero-order valence-corrected chi connectivity index (χ0v) is 17.4. The quantitative estimate of drug-likeness (QED) is 0.451. The molecular formula is C28H27N. The Morgan fingerprint density at radius 3 is 2.17 bits per heavy atom. The van der Waals surface area contributed by atoms with Crippen molar-refractivity contribution in [2.24, 2.45) is 0 Å². The van der Waals surface area contributed by atoms with Gasteiger partial charge in [-0.2, -0.15) is 0 Å². The Balaban J connectivity index is 1.67. The number of hydrogen-bond donors (Lipinski definition) is 0. The van der Waals surface area contributed by atoms with E-state index in [4.69, 9.17) is 0 Å². The normalized spacial score (nSPS) is 16.5. The molecule has 0 fully saturated rings. The molecule has 0 atom stereocenters. The smallest absolute Gasteiger partial charge is 0.0461 e. The number of fused-ring (bicyclic) bond motifs is 3. The van der Waals surface area contributed by atoms with Gasteiger partial charge in [-0.3, -0.25) is 0 Å². The van der Waals surface area contributed by atoms with Crippen LogP contribution in [0.1, 0.15) is 44.7 Å². The van der Waals surface area contributed by atoms with Gasteiger partial charge in [0.25, 0.3) is 0 Å². The summed E-state index contributed by atoms with van der Waals surface area (Å²) < 4.78 is 0. The fourth-order valence-corrected chi connectivity index (χ4v) is 4.81.